The highest BCUT2D eigenvalue weighted by Gasteiger charge is 2.22. The number of hydrogen-bond donors (Lipinski definition) is 1. The third-order valence-electron chi connectivity index (χ3n) is 7.32. The van der Waals surface area contributed by atoms with Crippen LogP contribution in [0.15, 0.2) is 54.6 Å². The molecule has 1 aliphatic carbocycles. The lowest BCUT2D eigenvalue weighted by Gasteiger charge is -2.29. The summed E-state index contributed by atoms with van der Waals surface area (Å²) in [5, 5.41) is 9.44. The van der Waals surface area contributed by atoms with Gasteiger partial charge in [0.05, 0.1) is 6.61 Å². The average Bonchev–Trinajstić information content (AvgIpc) is 2.85. The SMILES string of the molecule is C=C(C)C(=O)OCCc1cc(-c2ccc(C3CCC(CCCCC)CC3)cc2)ccc1CCO. The fraction of sp³-hybridized carbons (Fsp3) is 0.516. The fourth-order valence-electron chi connectivity index (χ4n) is 5.19. The van der Waals surface area contributed by atoms with Crippen molar-refractivity contribution < 1.29 is 14.6 Å². The van der Waals surface area contributed by atoms with E-state index in [9.17, 15) is 9.90 Å². The van der Waals surface area contributed by atoms with Crippen molar-refractivity contribution in [2.75, 3.05) is 13.2 Å². The molecule has 3 heteroatoms. The first kappa shape index (κ1) is 26.2. The zero-order valence-corrected chi connectivity index (χ0v) is 21.2. The van der Waals surface area contributed by atoms with Gasteiger partial charge >= 0.3 is 5.97 Å². The molecule has 0 aliphatic heterocycles. The van der Waals surface area contributed by atoms with Gasteiger partial charge < -0.3 is 9.84 Å². The number of benzene rings is 2. The summed E-state index contributed by atoms with van der Waals surface area (Å²) in [6, 6.07) is 15.5. The Morgan fingerprint density at radius 3 is 2.32 bits per heavy atom. The van der Waals surface area contributed by atoms with Crippen molar-refractivity contribution in [1.29, 1.82) is 0 Å². The number of carbonyl (C=O) groups is 1. The molecule has 0 aromatic heterocycles. The van der Waals surface area contributed by atoms with Gasteiger partial charge in [-0.3, -0.25) is 0 Å². The van der Waals surface area contributed by atoms with Gasteiger partial charge in [0, 0.05) is 18.6 Å². The van der Waals surface area contributed by atoms with Crippen LogP contribution in [-0.4, -0.2) is 24.3 Å². The largest absolute Gasteiger partial charge is 0.462 e. The highest BCUT2D eigenvalue weighted by atomic mass is 16.5. The van der Waals surface area contributed by atoms with Crippen molar-refractivity contribution in [3.63, 3.8) is 0 Å². The summed E-state index contributed by atoms with van der Waals surface area (Å²) in [5.74, 6) is 1.28. The molecule has 2 aromatic rings. The minimum atomic E-state index is -0.356. The van der Waals surface area contributed by atoms with E-state index in [1.807, 2.05) is 0 Å². The lowest BCUT2D eigenvalue weighted by atomic mass is 9.77. The summed E-state index contributed by atoms with van der Waals surface area (Å²) < 4.78 is 5.30. The maximum absolute atomic E-state index is 11.7. The summed E-state index contributed by atoms with van der Waals surface area (Å²) in [6.45, 7) is 7.99. The zero-order chi connectivity index (χ0) is 24.3. The Labute approximate surface area is 206 Å². The molecule has 184 valence electrons. The molecule has 0 radical (unpaired) electrons. The van der Waals surface area contributed by atoms with Crippen LogP contribution in [-0.2, 0) is 22.4 Å². The molecule has 3 rings (SSSR count). The minimum Gasteiger partial charge on any atom is -0.462 e. The van der Waals surface area contributed by atoms with Crippen molar-refractivity contribution in [1.82, 2.24) is 0 Å². The lowest BCUT2D eigenvalue weighted by molar-refractivity contribution is -0.138. The molecule has 1 N–H and O–H groups in total. The maximum Gasteiger partial charge on any atom is 0.333 e. The van der Waals surface area contributed by atoms with Crippen LogP contribution in [0, 0.1) is 5.92 Å². The predicted molar refractivity (Wildman–Crippen MR) is 141 cm³/mol. The van der Waals surface area contributed by atoms with Crippen LogP contribution in [0.4, 0.5) is 0 Å². The maximum atomic E-state index is 11.7. The molecular formula is C31H42O3. The monoisotopic (exact) mass is 462 g/mol. The van der Waals surface area contributed by atoms with Crippen molar-refractivity contribution >= 4 is 5.97 Å². The van der Waals surface area contributed by atoms with E-state index in [1.165, 1.54) is 62.5 Å². The molecule has 0 unspecified atom stereocenters. The average molecular weight is 463 g/mol. The van der Waals surface area contributed by atoms with Crippen LogP contribution in [0.5, 0.6) is 0 Å². The van der Waals surface area contributed by atoms with E-state index in [-0.39, 0.29) is 12.6 Å². The van der Waals surface area contributed by atoms with E-state index in [4.69, 9.17) is 4.74 Å². The van der Waals surface area contributed by atoms with E-state index >= 15 is 0 Å². The van der Waals surface area contributed by atoms with Gasteiger partial charge in [-0.15, -0.1) is 0 Å². The molecule has 1 fully saturated rings. The predicted octanol–water partition coefficient (Wildman–Crippen LogP) is 7.40. The van der Waals surface area contributed by atoms with E-state index in [0.717, 1.165) is 22.6 Å². The van der Waals surface area contributed by atoms with E-state index in [2.05, 4.69) is 56.0 Å². The van der Waals surface area contributed by atoms with Crippen molar-refractivity contribution in [3.8, 4) is 11.1 Å². The first-order chi connectivity index (χ1) is 16.5. The van der Waals surface area contributed by atoms with Crippen LogP contribution >= 0.6 is 0 Å². The van der Waals surface area contributed by atoms with Crippen LogP contribution < -0.4 is 0 Å². The highest BCUT2D eigenvalue weighted by molar-refractivity contribution is 5.86. The van der Waals surface area contributed by atoms with Gasteiger partial charge in [-0.05, 0) is 78.7 Å². The second-order valence-electron chi connectivity index (χ2n) is 9.96. The molecule has 1 saturated carbocycles. The van der Waals surface area contributed by atoms with Gasteiger partial charge in [0.15, 0.2) is 0 Å². The van der Waals surface area contributed by atoms with E-state index < -0.39 is 0 Å². The molecule has 1 aliphatic rings. The smallest absolute Gasteiger partial charge is 0.333 e. The second kappa shape index (κ2) is 13.5. The Balaban J connectivity index is 1.63. The molecule has 0 spiro atoms. The third kappa shape index (κ3) is 7.56. The Hall–Kier alpha value is -2.39. The summed E-state index contributed by atoms with van der Waals surface area (Å²) in [6.07, 6.45) is 12.1. The molecule has 2 aromatic carbocycles. The van der Waals surface area contributed by atoms with Crippen LogP contribution in [0.25, 0.3) is 11.1 Å². The second-order valence-corrected chi connectivity index (χ2v) is 9.96. The molecular weight excluding hydrogens is 420 g/mol. The Kier molecular flexibility index (Phi) is 10.4. The van der Waals surface area contributed by atoms with Crippen molar-refractivity contribution in [2.45, 2.75) is 84.0 Å². The Morgan fingerprint density at radius 2 is 1.68 bits per heavy atom. The molecule has 34 heavy (non-hydrogen) atoms. The van der Waals surface area contributed by atoms with E-state index in [1.54, 1.807) is 6.92 Å². The number of rotatable bonds is 12. The lowest BCUT2D eigenvalue weighted by Crippen LogP contribution is -2.13. The molecule has 0 saturated heterocycles. The number of ether oxygens (including phenoxy) is 1. The minimum absolute atomic E-state index is 0.105. The molecule has 0 heterocycles. The van der Waals surface area contributed by atoms with Gasteiger partial charge in [-0.1, -0.05) is 81.7 Å². The number of hydrogen-bond acceptors (Lipinski definition) is 3. The van der Waals surface area contributed by atoms with E-state index in [0.29, 0.717) is 30.9 Å². The number of unbranched alkanes of at least 4 members (excludes halogenated alkanes) is 2. The van der Waals surface area contributed by atoms with Crippen LogP contribution in [0.2, 0.25) is 0 Å². The van der Waals surface area contributed by atoms with Gasteiger partial charge in [-0.2, -0.15) is 0 Å². The molecule has 0 bridgehead atoms. The normalized spacial score (nSPS) is 18.0. The fourth-order valence-corrected chi connectivity index (χ4v) is 5.19. The van der Waals surface area contributed by atoms with Crippen molar-refractivity contribution in [2.24, 2.45) is 5.92 Å². The third-order valence-corrected chi connectivity index (χ3v) is 7.32. The standard InChI is InChI=1S/C31H42O3/c1-4-5-6-7-24-8-10-25(11-9-24)26-12-14-27(15-13-26)29-17-16-28(18-20-32)30(22-29)19-21-34-31(33)23(2)3/h12-17,22,24-25,32H,2,4-11,18-21H2,1,3H3. The van der Waals surface area contributed by atoms with Crippen LogP contribution in [0.1, 0.15) is 87.8 Å². The topological polar surface area (TPSA) is 46.5 Å². The molecule has 3 nitrogen and oxygen atoms in total. The van der Waals surface area contributed by atoms with Crippen LogP contribution in [0.3, 0.4) is 0 Å². The number of aliphatic hydroxyl groups excluding tert-OH is 1. The van der Waals surface area contributed by atoms with Gasteiger partial charge in [0.2, 0.25) is 0 Å². The number of esters is 1. The van der Waals surface area contributed by atoms with Gasteiger partial charge in [0.1, 0.15) is 0 Å². The quantitative estimate of drug-likeness (QED) is 0.203. The summed E-state index contributed by atoms with van der Waals surface area (Å²) in [7, 11) is 0. The highest BCUT2D eigenvalue weighted by Crippen LogP contribution is 2.38. The van der Waals surface area contributed by atoms with Gasteiger partial charge in [0.25, 0.3) is 0 Å². The molecule has 0 atom stereocenters. The summed E-state index contributed by atoms with van der Waals surface area (Å²) in [5.41, 5.74) is 6.47. The number of aliphatic hydroxyl groups is 1. The van der Waals surface area contributed by atoms with Gasteiger partial charge in [-0.25, -0.2) is 4.79 Å². The number of carbonyl (C=O) groups excluding carboxylic acids is 1. The Morgan fingerprint density at radius 1 is 0.971 bits per heavy atom. The summed E-state index contributed by atoms with van der Waals surface area (Å²) >= 11 is 0. The first-order valence-corrected chi connectivity index (χ1v) is 13.2. The first-order valence-electron chi connectivity index (χ1n) is 13.2. The summed E-state index contributed by atoms with van der Waals surface area (Å²) in [4.78, 5) is 11.7. The molecule has 0 amide bonds. The Bertz CT molecular complexity index is 920. The zero-order valence-electron chi connectivity index (χ0n) is 21.2. The van der Waals surface area contributed by atoms with Crippen molar-refractivity contribution in [3.05, 3.63) is 71.3 Å².